The molecule has 0 aliphatic carbocycles. The van der Waals surface area contributed by atoms with E-state index in [0.29, 0.717) is 10.9 Å². The molecule has 2 N–H and O–H groups in total. The van der Waals surface area contributed by atoms with E-state index in [-0.39, 0.29) is 24.8 Å². The van der Waals surface area contributed by atoms with Gasteiger partial charge in [-0.05, 0) is 30.3 Å². The zero-order valence-electron chi connectivity index (χ0n) is 14.1. The van der Waals surface area contributed by atoms with Crippen LogP contribution in [0.2, 0.25) is 0 Å². The number of rotatable bonds is 7. The Bertz CT molecular complexity index is 934. The molecular weight excluding hydrogens is 430 g/mol. The Hall–Kier alpha value is -2.71. The predicted octanol–water partition coefficient (Wildman–Crippen LogP) is 4.32. The number of hydrogen-bond acceptors (Lipinski definition) is 5. The van der Waals surface area contributed by atoms with Gasteiger partial charge in [0.1, 0.15) is 5.76 Å². The molecule has 27 heavy (non-hydrogen) atoms. The van der Waals surface area contributed by atoms with Crippen LogP contribution in [-0.2, 0) is 9.59 Å². The average molecular weight is 446 g/mol. The maximum atomic E-state index is 12.0. The Morgan fingerprint density at radius 2 is 2.04 bits per heavy atom. The third kappa shape index (κ3) is 5.90. The lowest BCUT2D eigenvalue weighted by Gasteiger charge is -2.03. The van der Waals surface area contributed by atoms with Crippen LogP contribution >= 0.6 is 27.3 Å². The van der Waals surface area contributed by atoms with E-state index in [0.717, 1.165) is 15.7 Å². The van der Waals surface area contributed by atoms with Gasteiger partial charge in [0.15, 0.2) is 5.13 Å². The minimum Gasteiger partial charge on any atom is -0.465 e. The van der Waals surface area contributed by atoms with Gasteiger partial charge in [-0.3, -0.25) is 9.59 Å². The Kier molecular flexibility index (Phi) is 6.56. The summed E-state index contributed by atoms with van der Waals surface area (Å²) in [5, 5.41) is 7.81. The van der Waals surface area contributed by atoms with Gasteiger partial charge in [0.2, 0.25) is 11.8 Å². The topological polar surface area (TPSA) is 84.2 Å². The zero-order valence-corrected chi connectivity index (χ0v) is 16.5. The molecule has 0 atom stereocenters. The molecule has 0 aliphatic heterocycles. The number of carbonyl (C=O) groups is 2. The standard InChI is InChI=1S/C19H16BrN3O3S/c20-14-5-3-13(4-6-14)16-12-27-19(22-16)23-18(25)9-10-21-17(24)8-7-15-2-1-11-26-15/h1-8,11-12H,9-10H2,(H,21,24)(H,22,23,25)/b8-7+. The Morgan fingerprint density at radius 3 is 2.78 bits per heavy atom. The molecule has 0 unspecified atom stereocenters. The van der Waals surface area contributed by atoms with Crippen LogP contribution in [0.5, 0.6) is 0 Å². The van der Waals surface area contributed by atoms with Gasteiger partial charge in [0.05, 0.1) is 12.0 Å². The van der Waals surface area contributed by atoms with Gasteiger partial charge in [0, 0.05) is 34.5 Å². The molecule has 2 aromatic heterocycles. The highest BCUT2D eigenvalue weighted by Gasteiger charge is 2.08. The third-order valence-corrected chi connectivity index (χ3v) is 4.77. The van der Waals surface area contributed by atoms with Crippen LogP contribution < -0.4 is 10.6 Å². The maximum Gasteiger partial charge on any atom is 0.244 e. The van der Waals surface area contributed by atoms with Gasteiger partial charge in [0.25, 0.3) is 0 Å². The van der Waals surface area contributed by atoms with Crippen molar-refractivity contribution < 1.29 is 14.0 Å². The van der Waals surface area contributed by atoms with Crippen LogP contribution in [0.15, 0.2) is 63.0 Å². The fourth-order valence-electron chi connectivity index (χ4n) is 2.17. The molecule has 3 aromatic rings. The molecule has 6 nitrogen and oxygen atoms in total. The summed E-state index contributed by atoms with van der Waals surface area (Å²) in [6.07, 6.45) is 4.62. The number of carbonyl (C=O) groups excluding carboxylic acids is 2. The first-order valence-corrected chi connectivity index (χ1v) is 9.78. The molecule has 2 amide bonds. The number of halogens is 1. The van der Waals surface area contributed by atoms with E-state index in [1.165, 1.54) is 23.7 Å². The normalized spacial score (nSPS) is 10.9. The van der Waals surface area contributed by atoms with Crippen LogP contribution in [-0.4, -0.2) is 23.3 Å². The van der Waals surface area contributed by atoms with Crippen LogP contribution in [0.1, 0.15) is 12.2 Å². The number of anilines is 1. The summed E-state index contributed by atoms with van der Waals surface area (Å²) < 4.78 is 6.09. The van der Waals surface area contributed by atoms with E-state index < -0.39 is 0 Å². The molecule has 0 radical (unpaired) electrons. The fourth-order valence-corrected chi connectivity index (χ4v) is 3.17. The van der Waals surface area contributed by atoms with E-state index in [1.807, 2.05) is 29.6 Å². The Labute approximate surface area is 168 Å². The number of hydrogen-bond donors (Lipinski definition) is 2. The lowest BCUT2D eigenvalue weighted by Crippen LogP contribution is -2.26. The van der Waals surface area contributed by atoms with E-state index in [1.54, 1.807) is 18.2 Å². The second kappa shape index (κ2) is 9.29. The molecule has 0 saturated heterocycles. The van der Waals surface area contributed by atoms with Crippen molar-refractivity contribution in [2.75, 3.05) is 11.9 Å². The highest BCUT2D eigenvalue weighted by molar-refractivity contribution is 9.10. The molecule has 138 valence electrons. The molecule has 1 aromatic carbocycles. The van der Waals surface area contributed by atoms with E-state index >= 15 is 0 Å². The van der Waals surface area contributed by atoms with Crippen molar-refractivity contribution in [2.45, 2.75) is 6.42 Å². The van der Waals surface area contributed by atoms with E-state index in [9.17, 15) is 9.59 Å². The second-order valence-corrected chi connectivity index (χ2v) is 7.26. The lowest BCUT2D eigenvalue weighted by molar-refractivity contribution is -0.117. The molecule has 0 bridgehead atoms. The summed E-state index contributed by atoms with van der Waals surface area (Å²) >= 11 is 4.76. The number of benzene rings is 1. The second-order valence-electron chi connectivity index (χ2n) is 5.48. The highest BCUT2D eigenvalue weighted by Crippen LogP contribution is 2.26. The first-order chi connectivity index (χ1) is 13.1. The average Bonchev–Trinajstić information content (AvgIpc) is 3.32. The molecule has 0 spiro atoms. The molecular formula is C19H16BrN3O3S. The van der Waals surface area contributed by atoms with Gasteiger partial charge in [-0.2, -0.15) is 0 Å². The summed E-state index contributed by atoms with van der Waals surface area (Å²) in [7, 11) is 0. The monoisotopic (exact) mass is 445 g/mol. The molecule has 3 rings (SSSR count). The number of aromatic nitrogens is 1. The number of amides is 2. The van der Waals surface area contributed by atoms with Crippen molar-refractivity contribution in [1.82, 2.24) is 10.3 Å². The zero-order chi connectivity index (χ0) is 19.1. The van der Waals surface area contributed by atoms with Gasteiger partial charge in [-0.1, -0.05) is 28.1 Å². The number of nitrogens with one attached hydrogen (secondary N) is 2. The van der Waals surface area contributed by atoms with Gasteiger partial charge < -0.3 is 15.1 Å². The van der Waals surface area contributed by atoms with Gasteiger partial charge in [-0.15, -0.1) is 11.3 Å². The first kappa shape index (κ1) is 19.1. The minimum atomic E-state index is -0.286. The smallest absolute Gasteiger partial charge is 0.244 e. The van der Waals surface area contributed by atoms with Crippen molar-refractivity contribution in [3.63, 3.8) is 0 Å². The number of furan rings is 1. The largest absolute Gasteiger partial charge is 0.465 e. The molecule has 8 heteroatoms. The summed E-state index contributed by atoms with van der Waals surface area (Å²) in [5.74, 6) is 0.0984. The molecule has 0 aliphatic rings. The highest BCUT2D eigenvalue weighted by atomic mass is 79.9. The third-order valence-electron chi connectivity index (χ3n) is 3.48. The predicted molar refractivity (Wildman–Crippen MR) is 109 cm³/mol. The van der Waals surface area contributed by atoms with Crippen molar-refractivity contribution in [3.8, 4) is 11.3 Å². The summed E-state index contributed by atoms with van der Waals surface area (Å²) in [6.45, 7) is 0.234. The Morgan fingerprint density at radius 1 is 1.22 bits per heavy atom. The summed E-state index contributed by atoms with van der Waals surface area (Å²) in [5.41, 5.74) is 1.78. The number of nitrogens with zero attached hydrogens (tertiary/aromatic N) is 1. The van der Waals surface area contributed by atoms with Crippen LogP contribution in [0.25, 0.3) is 17.3 Å². The molecule has 2 heterocycles. The molecule has 0 saturated carbocycles. The number of thiazole rings is 1. The first-order valence-electron chi connectivity index (χ1n) is 8.11. The van der Waals surface area contributed by atoms with Gasteiger partial charge in [-0.25, -0.2) is 4.98 Å². The Balaban J connectivity index is 1.43. The van der Waals surface area contributed by atoms with Crippen LogP contribution in [0.4, 0.5) is 5.13 Å². The summed E-state index contributed by atoms with van der Waals surface area (Å²) in [4.78, 5) is 28.1. The van der Waals surface area contributed by atoms with Crippen LogP contribution in [0.3, 0.4) is 0 Å². The van der Waals surface area contributed by atoms with Crippen molar-refractivity contribution in [1.29, 1.82) is 0 Å². The van der Waals surface area contributed by atoms with Crippen molar-refractivity contribution in [3.05, 3.63) is 64.4 Å². The lowest BCUT2D eigenvalue weighted by atomic mass is 10.2. The van der Waals surface area contributed by atoms with Crippen molar-refractivity contribution in [2.24, 2.45) is 0 Å². The molecule has 0 fully saturated rings. The fraction of sp³-hybridized carbons (Fsp3) is 0.105. The maximum absolute atomic E-state index is 12.0. The van der Waals surface area contributed by atoms with E-state index in [4.69, 9.17) is 4.42 Å². The van der Waals surface area contributed by atoms with Gasteiger partial charge >= 0.3 is 0 Å². The SMILES string of the molecule is O=C(/C=C/c1ccco1)NCCC(=O)Nc1nc(-c2ccc(Br)cc2)cs1. The minimum absolute atomic E-state index is 0.160. The summed E-state index contributed by atoms with van der Waals surface area (Å²) in [6, 6.07) is 11.3. The quantitative estimate of drug-likeness (QED) is 0.530. The van der Waals surface area contributed by atoms with E-state index in [2.05, 4.69) is 31.5 Å². The van der Waals surface area contributed by atoms with Crippen molar-refractivity contribution >= 4 is 50.3 Å². The van der Waals surface area contributed by atoms with Crippen LogP contribution in [0, 0.1) is 0 Å².